The van der Waals surface area contributed by atoms with Crippen LogP contribution >= 0.6 is 27.3 Å². The van der Waals surface area contributed by atoms with E-state index in [4.69, 9.17) is 0 Å². The molecule has 2 nitrogen and oxygen atoms in total. The molecule has 1 unspecified atom stereocenters. The maximum absolute atomic E-state index is 9.69. The van der Waals surface area contributed by atoms with E-state index in [1.165, 1.54) is 24.2 Å². The summed E-state index contributed by atoms with van der Waals surface area (Å²) in [7, 11) is 0. The van der Waals surface area contributed by atoms with Gasteiger partial charge in [0.15, 0.2) is 0 Å². The van der Waals surface area contributed by atoms with Crippen LogP contribution in [0.2, 0.25) is 0 Å². The van der Waals surface area contributed by atoms with Gasteiger partial charge in [0.05, 0.1) is 0 Å². The van der Waals surface area contributed by atoms with E-state index in [0.29, 0.717) is 0 Å². The number of aliphatic hydroxyl groups is 1. The molecule has 1 heterocycles. The van der Waals surface area contributed by atoms with Crippen LogP contribution in [-0.2, 0) is 0 Å². The van der Waals surface area contributed by atoms with Crippen LogP contribution in [-0.4, -0.2) is 10.1 Å². The summed E-state index contributed by atoms with van der Waals surface area (Å²) in [6.07, 6.45) is 3.91. The van der Waals surface area contributed by atoms with Crippen molar-refractivity contribution >= 4 is 27.3 Å². The molecule has 0 aliphatic rings. The van der Waals surface area contributed by atoms with Gasteiger partial charge in [0, 0.05) is 5.38 Å². The lowest BCUT2D eigenvalue weighted by atomic mass is 10.1. The zero-order chi connectivity index (χ0) is 9.68. The molecule has 1 rings (SSSR count). The van der Waals surface area contributed by atoms with Crippen molar-refractivity contribution in [3.63, 3.8) is 0 Å². The molecule has 0 radical (unpaired) electrons. The summed E-state index contributed by atoms with van der Waals surface area (Å²) in [6, 6.07) is 0. The molecular formula is C9H14BrNOS. The van der Waals surface area contributed by atoms with E-state index in [9.17, 15) is 5.11 Å². The highest BCUT2D eigenvalue weighted by molar-refractivity contribution is 9.10. The Labute approximate surface area is 91.1 Å². The molecule has 0 saturated heterocycles. The zero-order valence-corrected chi connectivity index (χ0v) is 10.1. The molecule has 74 valence electrons. The van der Waals surface area contributed by atoms with Gasteiger partial charge in [0.2, 0.25) is 0 Å². The van der Waals surface area contributed by atoms with Crippen molar-refractivity contribution in [3.8, 4) is 0 Å². The Balaban J connectivity index is 2.35. The third-order valence-electron chi connectivity index (χ3n) is 1.86. The molecule has 0 aliphatic heterocycles. The Morgan fingerprint density at radius 2 is 2.38 bits per heavy atom. The Hall–Kier alpha value is 0.0700. The summed E-state index contributed by atoms with van der Waals surface area (Å²) in [5, 5.41) is 12.4. The number of unbranched alkanes of at least 4 members (excludes halogenated alkanes) is 2. The Bertz CT molecular complexity index is 252. The molecule has 1 atom stereocenters. The van der Waals surface area contributed by atoms with E-state index in [2.05, 4.69) is 27.8 Å². The zero-order valence-electron chi connectivity index (χ0n) is 7.66. The molecule has 1 N–H and O–H groups in total. The average Bonchev–Trinajstić information content (AvgIpc) is 2.52. The number of aromatic nitrogens is 1. The lowest BCUT2D eigenvalue weighted by Gasteiger charge is -2.05. The van der Waals surface area contributed by atoms with Gasteiger partial charge in [-0.15, -0.1) is 11.3 Å². The third-order valence-corrected chi connectivity index (χ3v) is 3.52. The standard InChI is InChI=1S/C9H14BrNOS/c1-2-3-4-5-7(12)9-11-8(10)6-13-9/h6-7,12H,2-5H2,1H3. The summed E-state index contributed by atoms with van der Waals surface area (Å²) in [6.45, 7) is 2.16. The Morgan fingerprint density at radius 1 is 1.62 bits per heavy atom. The van der Waals surface area contributed by atoms with Crippen molar-refractivity contribution in [2.75, 3.05) is 0 Å². The minimum Gasteiger partial charge on any atom is -0.386 e. The quantitative estimate of drug-likeness (QED) is 0.825. The molecule has 0 spiro atoms. The number of halogens is 1. The van der Waals surface area contributed by atoms with Gasteiger partial charge in [-0.05, 0) is 22.4 Å². The highest BCUT2D eigenvalue weighted by Crippen LogP contribution is 2.24. The van der Waals surface area contributed by atoms with E-state index in [1.807, 2.05) is 5.38 Å². The van der Waals surface area contributed by atoms with E-state index in [1.54, 1.807) is 0 Å². The number of hydrogen-bond acceptors (Lipinski definition) is 3. The highest BCUT2D eigenvalue weighted by atomic mass is 79.9. The molecule has 1 aromatic heterocycles. The molecule has 0 fully saturated rings. The van der Waals surface area contributed by atoms with Crippen LogP contribution in [0.15, 0.2) is 9.98 Å². The minimum absolute atomic E-state index is 0.372. The second-order valence-electron chi connectivity index (χ2n) is 3.02. The van der Waals surface area contributed by atoms with Crippen LogP contribution in [0.1, 0.15) is 43.7 Å². The van der Waals surface area contributed by atoms with Crippen LogP contribution in [0.4, 0.5) is 0 Å². The Morgan fingerprint density at radius 3 is 2.92 bits per heavy atom. The number of aliphatic hydroxyl groups excluding tert-OH is 1. The van der Waals surface area contributed by atoms with Gasteiger partial charge in [-0.3, -0.25) is 0 Å². The van der Waals surface area contributed by atoms with Crippen LogP contribution in [0, 0.1) is 0 Å². The van der Waals surface area contributed by atoms with Gasteiger partial charge in [-0.2, -0.15) is 0 Å². The van der Waals surface area contributed by atoms with Crippen LogP contribution in [0.25, 0.3) is 0 Å². The second kappa shape index (κ2) is 5.73. The van der Waals surface area contributed by atoms with Gasteiger partial charge in [0.1, 0.15) is 15.7 Å². The monoisotopic (exact) mass is 263 g/mol. The van der Waals surface area contributed by atoms with E-state index in [0.717, 1.165) is 22.5 Å². The topological polar surface area (TPSA) is 33.1 Å². The highest BCUT2D eigenvalue weighted by Gasteiger charge is 2.10. The van der Waals surface area contributed by atoms with Crippen LogP contribution in [0.5, 0.6) is 0 Å². The van der Waals surface area contributed by atoms with E-state index < -0.39 is 0 Å². The third kappa shape index (κ3) is 3.75. The lowest BCUT2D eigenvalue weighted by molar-refractivity contribution is 0.163. The van der Waals surface area contributed by atoms with E-state index in [-0.39, 0.29) is 6.10 Å². The number of rotatable bonds is 5. The molecular weight excluding hydrogens is 250 g/mol. The molecule has 1 aromatic rings. The number of nitrogens with zero attached hydrogens (tertiary/aromatic N) is 1. The first-order chi connectivity index (χ1) is 6.24. The van der Waals surface area contributed by atoms with Gasteiger partial charge in [-0.25, -0.2) is 4.98 Å². The van der Waals surface area contributed by atoms with E-state index >= 15 is 0 Å². The van der Waals surface area contributed by atoms with Gasteiger partial charge in [0.25, 0.3) is 0 Å². The average molecular weight is 264 g/mol. The summed E-state index contributed by atoms with van der Waals surface area (Å²) in [5.74, 6) is 0. The van der Waals surface area contributed by atoms with Crippen molar-refractivity contribution in [2.24, 2.45) is 0 Å². The fraction of sp³-hybridized carbons (Fsp3) is 0.667. The minimum atomic E-state index is -0.372. The Kier molecular flexibility index (Phi) is 4.91. The number of hydrogen-bond donors (Lipinski definition) is 1. The lowest BCUT2D eigenvalue weighted by Crippen LogP contribution is -1.96. The molecule has 0 amide bonds. The van der Waals surface area contributed by atoms with Crippen LogP contribution < -0.4 is 0 Å². The first kappa shape index (κ1) is 11.1. The van der Waals surface area contributed by atoms with Crippen molar-refractivity contribution < 1.29 is 5.11 Å². The maximum Gasteiger partial charge on any atom is 0.123 e. The van der Waals surface area contributed by atoms with Crippen molar-refractivity contribution in [1.82, 2.24) is 4.98 Å². The summed E-state index contributed by atoms with van der Waals surface area (Å²) in [4.78, 5) is 4.17. The summed E-state index contributed by atoms with van der Waals surface area (Å²) in [5.41, 5.74) is 0. The second-order valence-corrected chi connectivity index (χ2v) is 4.72. The van der Waals surface area contributed by atoms with Crippen molar-refractivity contribution in [2.45, 2.75) is 38.7 Å². The smallest absolute Gasteiger partial charge is 0.123 e. The fourth-order valence-electron chi connectivity index (χ4n) is 1.13. The maximum atomic E-state index is 9.69. The van der Waals surface area contributed by atoms with Gasteiger partial charge >= 0.3 is 0 Å². The molecule has 0 aliphatic carbocycles. The van der Waals surface area contributed by atoms with Gasteiger partial charge in [-0.1, -0.05) is 26.2 Å². The van der Waals surface area contributed by atoms with Crippen molar-refractivity contribution in [1.29, 1.82) is 0 Å². The molecule has 13 heavy (non-hydrogen) atoms. The summed E-state index contributed by atoms with van der Waals surface area (Å²) < 4.78 is 0.821. The normalized spacial score (nSPS) is 13.2. The first-order valence-electron chi connectivity index (χ1n) is 4.53. The largest absolute Gasteiger partial charge is 0.386 e. The molecule has 0 aromatic carbocycles. The predicted octanol–water partition coefficient (Wildman–Crippen LogP) is 3.52. The number of thiazole rings is 1. The van der Waals surface area contributed by atoms with Crippen molar-refractivity contribution in [3.05, 3.63) is 15.0 Å². The molecule has 0 saturated carbocycles. The predicted molar refractivity (Wildman–Crippen MR) is 58.9 cm³/mol. The van der Waals surface area contributed by atoms with Gasteiger partial charge < -0.3 is 5.11 Å². The van der Waals surface area contributed by atoms with Crippen LogP contribution in [0.3, 0.4) is 0 Å². The summed E-state index contributed by atoms with van der Waals surface area (Å²) >= 11 is 4.78. The molecule has 0 bridgehead atoms. The molecule has 4 heteroatoms. The fourth-order valence-corrected chi connectivity index (χ4v) is 2.42. The first-order valence-corrected chi connectivity index (χ1v) is 6.20. The SMILES string of the molecule is CCCCCC(O)c1nc(Br)cs1.